The van der Waals surface area contributed by atoms with Crippen LogP contribution in [-0.4, -0.2) is 29.9 Å². The molecule has 19 heavy (non-hydrogen) atoms. The zero-order chi connectivity index (χ0) is 14.6. The number of nitrogens with two attached hydrogens (primary N) is 1. The summed E-state index contributed by atoms with van der Waals surface area (Å²) in [5.74, 6) is -0.0421. The number of nitrogens with one attached hydrogen (secondary N) is 1. The normalized spacial score (nSPS) is 11.7. The van der Waals surface area contributed by atoms with Crippen molar-refractivity contribution in [1.29, 1.82) is 0 Å². The molecular formula is C15H25N3O. The number of carbonyl (C=O) groups is 1. The van der Waals surface area contributed by atoms with E-state index < -0.39 is 0 Å². The van der Waals surface area contributed by atoms with Gasteiger partial charge in [0.25, 0.3) is 0 Å². The lowest BCUT2D eigenvalue weighted by molar-refractivity contribution is -0.118. The van der Waals surface area contributed by atoms with Gasteiger partial charge in [0.05, 0.1) is 17.9 Å². The first-order chi connectivity index (χ1) is 8.76. The molecule has 0 spiro atoms. The fourth-order valence-electron chi connectivity index (χ4n) is 1.69. The largest absolute Gasteiger partial charge is 0.397 e. The Bertz CT molecular complexity index is 455. The van der Waals surface area contributed by atoms with Crippen molar-refractivity contribution in [2.24, 2.45) is 0 Å². The molecule has 106 valence electrons. The Balaban J connectivity index is 2.65. The molecule has 0 saturated carbocycles. The van der Waals surface area contributed by atoms with Gasteiger partial charge in [-0.15, -0.1) is 0 Å². The van der Waals surface area contributed by atoms with Crippen LogP contribution in [0.5, 0.6) is 0 Å². The van der Waals surface area contributed by atoms with Crippen molar-refractivity contribution in [2.75, 3.05) is 24.6 Å². The molecule has 1 rings (SSSR count). The number of carbonyl (C=O) groups excluding carboxylic acids is 1. The summed E-state index contributed by atoms with van der Waals surface area (Å²) in [5, 5.41) is 2.86. The van der Waals surface area contributed by atoms with Crippen LogP contribution in [-0.2, 0) is 4.79 Å². The monoisotopic (exact) mass is 263 g/mol. The first-order valence-corrected chi connectivity index (χ1v) is 6.63. The molecule has 1 aromatic rings. The van der Waals surface area contributed by atoms with E-state index in [0.717, 1.165) is 12.0 Å². The van der Waals surface area contributed by atoms with Crippen molar-refractivity contribution in [3.05, 3.63) is 23.8 Å². The van der Waals surface area contributed by atoms with Crippen LogP contribution >= 0.6 is 0 Å². The molecule has 0 aliphatic carbocycles. The summed E-state index contributed by atoms with van der Waals surface area (Å²) < 4.78 is 0. The fraction of sp³-hybridized carbons (Fsp3) is 0.533. The molecule has 4 nitrogen and oxygen atoms in total. The molecule has 0 radical (unpaired) electrons. The van der Waals surface area contributed by atoms with E-state index in [1.54, 1.807) is 0 Å². The summed E-state index contributed by atoms with van der Waals surface area (Å²) in [6.45, 7) is 8.70. The number of nitrogens with zero attached hydrogens (tertiary/aromatic N) is 1. The van der Waals surface area contributed by atoms with Crippen LogP contribution in [0.25, 0.3) is 0 Å². The predicted molar refractivity (Wildman–Crippen MR) is 81.2 cm³/mol. The van der Waals surface area contributed by atoms with E-state index in [2.05, 4.69) is 26.1 Å². The van der Waals surface area contributed by atoms with Gasteiger partial charge in [0.1, 0.15) is 0 Å². The zero-order valence-electron chi connectivity index (χ0n) is 12.6. The molecule has 0 bridgehead atoms. The number of amides is 1. The summed E-state index contributed by atoms with van der Waals surface area (Å²) in [5.41, 5.74) is 8.26. The van der Waals surface area contributed by atoms with Gasteiger partial charge >= 0.3 is 0 Å². The highest BCUT2D eigenvalue weighted by atomic mass is 16.2. The Morgan fingerprint density at radius 2 is 2.05 bits per heavy atom. The van der Waals surface area contributed by atoms with Crippen LogP contribution in [0.1, 0.15) is 32.8 Å². The van der Waals surface area contributed by atoms with Gasteiger partial charge in [0.15, 0.2) is 0 Å². The van der Waals surface area contributed by atoms with Crippen LogP contribution in [0, 0.1) is 6.92 Å². The molecule has 0 aliphatic heterocycles. The van der Waals surface area contributed by atoms with Crippen LogP contribution in [0.15, 0.2) is 18.2 Å². The minimum atomic E-state index is -0.0421. The Kier molecular flexibility index (Phi) is 4.95. The van der Waals surface area contributed by atoms with Gasteiger partial charge in [-0.05, 0) is 51.9 Å². The molecule has 0 fully saturated rings. The second-order valence-corrected chi connectivity index (χ2v) is 5.66. The van der Waals surface area contributed by atoms with E-state index >= 15 is 0 Å². The van der Waals surface area contributed by atoms with E-state index in [0.29, 0.717) is 17.9 Å². The van der Waals surface area contributed by atoms with E-state index in [4.69, 9.17) is 5.73 Å². The summed E-state index contributed by atoms with van der Waals surface area (Å²) in [4.78, 5) is 14.1. The first-order valence-electron chi connectivity index (χ1n) is 6.63. The van der Waals surface area contributed by atoms with Crippen LogP contribution in [0.2, 0.25) is 0 Å². The van der Waals surface area contributed by atoms with Crippen LogP contribution < -0.4 is 11.1 Å². The van der Waals surface area contributed by atoms with Gasteiger partial charge in [-0.3, -0.25) is 9.69 Å². The van der Waals surface area contributed by atoms with E-state index in [-0.39, 0.29) is 11.4 Å². The maximum atomic E-state index is 12.0. The molecular weight excluding hydrogens is 238 g/mol. The van der Waals surface area contributed by atoms with E-state index in [1.165, 1.54) is 0 Å². The number of hydrogen-bond donors (Lipinski definition) is 2. The van der Waals surface area contributed by atoms with E-state index in [1.807, 2.05) is 37.1 Å². The average molecular weight is 263 g/mol. The van der Waals surface area contributed by atoms with Crippen molar-refractivity contribution in [1.82, 2.24) is 4.90 Å². The second-order valence-electron chi connectivity index (χ2n) is 5.66. The molecule has 0 aliphatic rings. The third-order valence-electron chi connectivity index (χ3n) is 3.76. The predicted octanol–water partition coefficient (Wildman–Crippen LogP) is 2.64. The SMILES string of the molecule is CCC(C)(C)N(C)CC(=O)Nc1ccc(C)cc1N. The molecule has 3 N–H and O–H groups in total. The Morgan fingerprint density at radius 1 is 1.42 bits per heavy atom. The Morgan fingerprint density at radius 3 is 2.58 bits per heavy atom. The maximum absolute atomic E-state index is 12.0. The number of rotatable bonds is 5. The highest BCUT2D eigenvalue weighted by molar-refractivity contribution is 5.95. The lowest BCUT2D eigenvalue weighted by Crippen LogP contribution is -2.44. The van der Waals surface area contributed by atoms with Gasteiger partial charge in [0, 0.05) is 5.54 Å². The second kappa shape index (κ2) is 6.06. The minimum Gasteiger partial charge on any atom is -0.397 e. The van der Waals surface area contributed by atoms with Crippen LogP contribution in [0.3, 0.4) is 0 Å². The summed E-state index contributed by atoms with van der Waals surface area (Å²) in [6.07, 6.45) is 0.990. The number of hydrogen-bond acceptors (Lipinski definition) is 3. The Hall–Kier alpha value is -1.55. The van der Waals surface area contributed by atoms with Crippen molar-refractivity contribution < 1.29 is 4.79 Å². The van der Waals surface area contributed by atoms with Crippen molar-refractivity contribution in [2.45, 2.75) is 39.7 Å². The van der Waals surface area contributed by atoms with Crippen molar-refractivity contribution in [3.63, 3.8) is 0 Å². The summed E-state index contributed by atoms with van der Waals surface area (Å²) in [7, 11) is 1.96. The maximum Gasteiger partial charge on any atom is 0.238 e. The number of nitrogen functional groups attached to an aromatic ring is 1. The molecule has 0 aromatic heterocycles. The molecule has 4 heteroatoms. The lowest BCUT2D eigenvalue weighted by atomic mass is 10.00. The van der Waals surface area contributed by atoms with Gasteiger partial charge in [-0.25, -0.2) is 0 Å². The van der Waals surface area contributed by atoms with Gasteiger partial charge in [0.2, 0.25) is 5.91 Å². The highest BCUT2D eigenvalue weighted by Gasteiger charge is 2.23. The standard InChI is InChI=1S/C15H25N3O/c1-6-15(3,4)18(5)10-14(19)17-13-8-7-11(2)9-12(13)16/h7-9H,6,10,16H2,1-5H3,(H,17,19). The van der Waals surface area contributed by atoms with Gasteiger partial charge < -0.3 is 11.1 Å². The van der Waals surface area contributed by atoms with E-state index in [9.17, 15) is 4.79 Å². The Labute approximate surface area is 116 Å². The number of anilines is 2. The van der Waals surface area contributed by atoms with Crippen molar-refractivity contribution in [3.8, 4) is 0 Å². The number of likely N-dealkylation sites (N-methyl/N-ethyl adjacent to an activating group) is 1. The zero-order valence-corrected chi connectivity index (χ0v) is 12.6. The minimum absolute atomic E-state index is 0.0101. The molecule has 0 saturated heterocycles. The molecule has 0 heterocycles. The van der Waals surface area contributed by atoms with Gasteiger partial charge in [-0.2, -0.15) is 0 Å². The lowest BCUT2D eigenvalue weighted by Gasteiger charge is -2.34. The smallest absolute Gasteiger partial charge is 0.238 e. The third-order valence-corrected chi connectivity index (χ3v) is 3.76. The first kappa shape index (κ1) is 15.5. The topological polar surface area (TPSA) is 58.4 Å². The molecule has 1 aromatic carbocycles. The quantitative estimate of drug-likeness (QED) is 0.803. The molecule has 0 atom stereocenters. The highest BCUT2D eigenvalue weighted by Crippen LogP contribution is 2.20. The molecule has 1 amide bonds. The van der Waals surface area contributed by atoms with Crippen LogP contribution in [0.4, 0.5) is 11.4 Å². The summed E-state index contributed by atoms with van der Waals surface area (Å²) >= 11 is 0. The molecule has 0 unspecified atom stereocenters. The third kappa shape index (κ3) is 4.24. The summed E-state index contributed by atoms with van der Waals surface area (Å²) in [6, 6.07) is 5.63. The number of aryl methyl sites for hydroxylation is 1. The van der Waals surface area contributed by atoms with Crippen molar-refractivity contribution >= 4 is 17.3 Å². The fourth-order valence-corrected chi connectivity index (χ4v) is 1.69. The average Bonchev–Trinajstić information content (AvgIpc) is 2.32. The van der Waals surface area contributed by atoms with Gasteiger partial charge in [-0.1, -0.05) is 13.0 Å². The number of benzene rings is 1.